The topological polar surface area (TPSA) is 82.6 Å². The zero-order valence-corrected chi connectivity index (χ0v) is 23.5. The summed E-state index contributed by atoms with van der Waals surface area (Å²) in [6.45, 7) is 7.52. The number of hydrogen-bond acceptors (Lipinski definition) is 4. The van der Waals surface area contributed by atoms with Crippen molar-refractivity contribution in [1.29, 1.82) is 0 Å². The van der Waals surface area contributed by atoms with Crippen LogP contribution < -0.4 is 10.2 Å². The average Bonchev–Trinajstić information content (AvgIpc) is 2.88. The van der Waals surface area contributed by atoms with E-state index in [1.807, 2.05) is 31.2 Å². The van der Waals surface area contributed by atoms with Crippen molar-refractivity contribution in [3.8, 4) is 28.7 Å². The van der Waals surface area contributed by atoms with Crippen molar-refractivity contribution >= 4 is 17.6 Å². The summed E-state index contributed by atoms with van der Waals surface area (Å²) in [5.41, 5.74) is 4.18. The van der Waals surface area contributed by atoms with E-state index in [2.05, 4.69) is 33.4 Å². The molecule has 42 heavy (non-hydrogen) atoms. The highest BCUT2D eigenvalue weighted by Gasteiger charge is 2.38. The number of alkyl halides is 6. The van der Waals surface area contributed by atoms with Gasteiger partial charge in [0.1, 0.15) is 10.8 Å². The molecule has 13 heteroatoms. The molecule has 0 fully saturated rings. The van der Waals surface area contributed by atoms with Gasteiger partial charge in [0, 0.05) is 29.1 Å². The minimum atomic E-state index is -5.08. The van der Waals surface area contributed by atoms with E-state index in [1.165, 1.54) is 12.1 Å². The van der Waals surface area contributed by atoms with Crippen LogP contribution >= 0.6 is 11.6 Å². The number of carbonyl (C=O) groups is 1. The second-order valence-corrected chi connectivity index (χ2v) is 9.36. The van der Waals surface area contributed by atoms with E-state index >= 15 is 0 Å². The van der Waals surface area contributed by atoms with Crippen molar-refractivity contribution in [2.24, 2.45) is 0 Å². The van der Waals surface area contributed by atoms with Crippen molar-refractivity contribution in [3.63, 3.8) is 0 Å². The Morgan fingerprint density at radius 2 is 1.57 bits per heavy atom. The molecule has 2 N–H and O–H groups in total. The van der Waals surface area contributed by atoms with E-state index in [4.69, 9.17) is 21.5 Å². The second-order valence-electron chi connectivity index (χ2n) is 8.98. The fourth-order valence-corrected chi connectivity index (χ4v) is 3.90. The van der Waals surface area contributed by atoms with Gasteiger partial charge in [0.25, 0.3) is 0 Å². The molecule has 0 aliphatic heterocycles. The number of aliphatic carboxylic acids is 1. The lowest BCUT2D eigenvalue weighted by Gasteiger charge is -2.19. The molecule has 2 aromatic carbocycles. The molecular formula is C29H27ClF6N2O4. The first-order valence-electron chi connectivity index (χ1n) is 12.4. The summed E-state index contributed by atoms with van der Waals surface area (Å²) in [7, 11) is 0. The number of ether oxygens (including phenoxy) is 1. The van der Waals surface area contributed by atoms with Gasteiger partial charge in [-0.1, -0.05) is 54.6 Å². The molecule has 1 aromatic heterocycles. The van der Waals surface area contributed by atoms with Crippen LogP contribution in [0.1, 0.15) is 35.9 Å². The Bertz CT molecular complexity index is 1470. The molecule has 1 heterocycles. The van der Waals surface area contributed by atoms with Gasteiger partial charge in [-0.25, -0.2) is 4.79 Å². The van der Waals surface area contributed by atoms with E-state index < -0.39 is 18.5 Å². The molecule has 0 aliphatic carbocycles. The lowest BCUT2D eigenvalue weighted by molar-refractivity contribution is -0.274. The van der Waals surface area contributed by atoms with Crippen LogP contribution in [-0.4, -0.2) is 46.6 Å². The van der Waals surface area contributed by atoms with Crippen molar-refractivity contribution in [3.05, 3.63) is 86.3 Å². The molecule has 226 valence electrons. The monoisotopic (exact) mass is 616 g/mol. The number of benzene rings is 2. The number of hydrogen-bond donors (Lipinski definition) is 2. The van der Waals surface area contributed by atoms with Crippen molar-refractivity contribution in [1.82, 2.24) is 9.88 Å². The predicted octanol–water partition coefficient (Wildman–Crippen LogP) is 7.11. The van der Waals surface area contributed by atoms with E-state index in [1.54, 1.807) is 19.1 Å². The first-order valence-corrected chi connectivity index (χ1v) is 12.7. The molecule has 0 radical (unpaired) electrons. The predicted molar refractivity (Wildman–Crippen MR) is 146 cm³/mol. The molecule has 0 spiro atoms. The van der Waals surface area contributed by atoms with Gasteiger partial charge >= 0.3 is 18.5 Å². The van der Waals surface area contributed by atoms with Crippen LogP contribution in [0.15, 0.2) is 53.3 Å². The number of aryl methyl sites for hydroxylation is 2. The number of aromatic nitrogens is 1. The van der Waals surface area contributed by atoms with E-state index in [0.717, 1.165) is 35.3 Å². The highest BCUT2D eigenvalue weighted by molar-refractivity contribution is 6.31. The Morgan fingerprint density at radius 1 is 1.00 bits per heavy atom. The number of rotatable bonds is 7. The molecule has 0 aliphatic rings. The standard InChI is InChI=1S/C27H26ClF3N2O2.C2HF3O2/c1-4-15-33(17-21-9-13-23(14-10-21)35-27(29,30)31)16-5-6-20-7-11-22(12-8-20)24-18(2)32-19(3)25(28)26(24)34;3-2(4,5)1(6)7/h7-14H,4,15-17H2,1-3H3,(H,32,34);(H,6,7). The van der Waals surface area contributed by atoms with Gasteiger partial charge in [-0.2, -0.15) is 13.2 Å². The molecule has 3 aromatic rings. The molecule has 0 atom stereocenters. The van der Waals surface area contributed by atoms with Gasteiger partial charge in [0.15, 0.2) is 0 Å². The Hall–Kier alpha value is -3.95. The van der Waals surface area contributed by atoms with Crippen LogP contribution in [-0.2, 0) is 11.3 Å². The molecule has 3 rings (SSSR count). The number of H-pyrrole nitrogens is 1. The number of carboxylic acids is 1. The first kappa shape index (κ1) is 34.3. The minimum absolute atomic E-state index is 0.188. The molecule has 0 saturated carbocycles. The molecular weight excluding hydrogens is 590 g/mol. The fraction of sp³-hybridized carbons (Fsp3) is 0.310. The first-order chi connectivity index (χ1) is 19.5. The van der Waals surface area contributed by atoms with Gasteiger partial charge in [0.2, 0.25) is 5.43 Å². The number of pyridine rings is 1. The zero-order chi connectivity index (χ0) is 31.7. The molecule has 0 bridgehead atoms. The normalized spacial score (nSPS) is 11.3. The third kappa shape index (κ3) is 10.8. The number of aromatic amines is 1. The Balaban J connectivity index is 0.000000782. The SMILES string of the molecule is CCCN(CC#Cc1ccc(-c2c(C)[nH]c(C)c(Cl)c2=O)cc1)Cc1ccc(OC(F)(F)F)cc1.O=C(O)C(F)(F)F. The van der Waals surface area contributed by atoms with E-state index in [9.17, 15) is 31.1 Å². The third-order valence-electron chi connectivity index (χ3n) is 5.56. The Morgan fingerprint density at radius 3 is 2.07 bits per heavy atom. The largest absolute Gasteiger partial charge is 0.573 e. The molecule has 0 unspecified atom stereocenters. The summed E-state index contributed by atoms with van der Waals surface area (Å²) in [6.07, 6.45) is -8.87. The third-order valence-corrected chi connectivity index (χ3v) is 6.02. The van der Waals surface area contributed by atoms with E-state index in [0.29, 0.717) is 24.3 Å². The van der Waals surface area contributed by atoms with Gasteiger partial charge in [0.05, 0.1) is 6.54 Å². The minimum Gasteiger partial charge on any atom is -0.475 e. The second kappa shape index (κ2) is 14.8. The van der Waals surface area contributed by atoms with Gasteiger partial charge in [-0.15, -0.1) is 13.2 Å². The van der Waals surface area contributed by atoms with Gasteiger partial charge in [-0.05, 0) is 62.2 Å². The maximum atomic E-state index is 12.6. The molecule has 0 saturated heterocycles. The average molecular weight is 617 g/mol. The van der Waals surface area contributed by atoms with Crippen LogP contribution in [0, 0.1) is 25.7 Å². The van der Waals surface area contributed by atoms with Gasteiger partial charge in [-0.3, -0.25) is 9.69 Å². The van der Waals surface area contributed by atoms with Crippen LogP contribution in [0.4, 0.5) is 26.3 Å². The number of nitrogens with one attached hydrogen (secondary N) is 1. The summed E-state index contributed by atoms with van der Waals surface area (Å²) in [5.74, 6) is 3.30. The number of halogens is 7. The lowest BCUT2D eigenvalue weighted by atomic mass is 10.0. The van der Waals surface area contributed by atoms with Crippen LogP contribution in [0.5, 0.6) is 5.75 Å². The number of carboxylic acid groups (broad SMARTS) is 1. The lowest BCUT2D eigenvalue weighted by Crippen LogP contribution is -2.24. The maximum absolute atomic E-state index is 12.6. The fourth-order valence-electron chi connectivity index (χ4n) is 3.76. The van der Waals surface area contributed by atoms with E-state index in [-0.39, 0.29) is 16.2 Å². The summed E-state index contributed by atoms with van der Waals surface area (Å²) < 4.78 is 72.7. The summed E-state index contributed by atoms with van der Waals surface area (Å²) in [5, 5.41) is 7.31. The maximum Gasteiger partial charge on any atom is 0.573 e. The highest BCUT2D eigenvalue weighted by atomic mass is 35.5. The van der Waals surface area contributed by atoms with Crippen LogP contribution in [0.3, 0.4) is 0 Å². The Kier molecular flexibility index (Phi) is 12.1. The summed E-state index contributed by atoms with van der Waals surface area (Å²) >= 11 is 6.13. The van der Waals surface area contributed by atoms with Crippen molar-refractivity contribution in [2.45, 2.75) is 46.3 Å². The summed E-state index contributed by atoms with van der Waals surface area (Å²) in [6, 6.07) is 13.3. The van der Waals surface area contributed by atoms with Crippen LogP contribution in [0.25, 0.3) is 11.1 Å². The zero-order valence-electron chi connectivity index (χ0n) is 22.7. The highest BCUT2D eigenvalue weighted by Crippen LogP contribution is 2.24. The smallest absolute Gasteiger partial charge is 0.475 e. The van der Waals surface area contributed by atoms with Crippen LogP contribution in [0.2, 0.25) is 5.02 Å². The molecule has 6 nitrogen and oxygen atoms in total. The molecule has 0 amide bonds. The quantitative estimate of drug-likeness (QED) is 0.218. The van der Waals surface area contributed by atoms with Crippen molar-refractivity contribution < 1.29 is 41.0 Å². The number of nitrogens with zero attached hydrogens (tertiary/aromatic N) is 1. The van der Waals surface area contributed by atoms with Crippen molar-refractivity contribution in [2.75, 3.05) is 13.1 Å². The Labute approximate surface area is 242 Å². The van der Waals surface area contributed by atoms with Gasteiger partial charge < -0.3 is 14.8 Å². The summed E-state index contributed by atoms with van der Waals surface area (Å²) in [4.78, 5) is 26.7.